The molecule has 0 spiro atoms. The molecule has 0 aliphatic carbocycles. The zero-order chi connectivity index (χ0) is 17.6. The van der Waals surface area contributed by atoms with Crippen molar-refractivity contribution in [1.82, 2.24) is 5.32 Å². The van der Waals surface area contributed by atoms with E-state index >= 15 is 0 Å². The van der Waals surface area contributed by atoms with Gasteiger partial charge in [-0.15, -0.1) is 23.1 Å². The van der Waals surface area contributed by atoms with E-state index in [1.807, 2.05) is 12.1 Å². The zero-order valence-electron chi connectivity index (χ0n) is 14.5. The lowest BCUT2D eigenvalue weighted by atomic mass is 10.1. The standard InChI is InChI=1S/C20H22N2OS2/c1-22(2)18(19-8-5-11-24-19)13-21-20(23)14-25-17-10-9-15-6-3-4-7-16(15)12-17/h3-12,18H,13-14H2,1-2H3,(H,21,23)/p+1/t18-/m0/s1. The molecule has 25 heavy (non-hydrogen) atoms. The Kier molecular flexibility index (Phi) is 6.13. The molecule has 1 amide bonds. The normalized spacial score (nSPS) is 12.4. The number of fused-ring (bicyclic) bond motifs is 1. The maximum Gasteiger partial charge on any atom is 0.230 e. The summed E-state index contributed by atoms with van der Waals surface area (Å²) in [5, 5.41) is 7.61. The third-order valence-electron chi connectivity index (χ3n) is 4.18. The monoisotopic (exact) mass is 371 g/mol. The van der Waals surface area contributed by atoms with Crippen LogP contribution in [0.5, 0.6) is 0 Å². The van der Waals surface area contributed by atoms with Gasteiger partial charge in [0.15, 0.2) is 0 Å². The number of amides is 1. The first-order valence-electron chi connectivity index (χ1n) is 8.35. The van der Waals surface area contributed by atoms with Crippen molar-refractivity contribution in [3.8, 4) is 0 Å². The second-order valence-corrected chi connectivity index (χ2v) is 8.28. The smallest absolute Gasteiger partial charge is 0.230 e. The molecule has 0 saturated carbocycles. The molecule has 1 heterocycles. The number of likely N-dealkylation sites (N-methyl/N-ethyl adjacent to an activating group) is 1. The highest BCUT2D eigenvalue weighted by Gasteiger charge is 2.19. The largest absolute Gasteiger partial charge is 0.349 e. The Labute approximate surface area is 157 Å². The first-order valence-corrected chi connectivity index (χ1v) is 10.2. The molecule has 3 rings (SSSR count). The molecule has 130 valence electrons. The summed E-state index contributed by atoms with van der Waals surface area (Å²) in [4.78, 5) is 16.0. The van der Waals surface area contributed by atoms with Gasteiger partial charge >= 0.3 is 0 Å². The Balaban J connectivity index is 1.53. The Bertz CT molecular complexity index is 831. The van der Waals surface area contributed by atoms with Crippen LogP contribution in [0.1, 0.15) is 10.9 Å². The van der Waals surface area contributed by atoms with Gasteiger partial charge in [-0.2, -0.15) is 0 Å². The highest BCUT2D eigenvalue weighted by molar-refractivity contribution is 8.00. The Morgan fingerprint density at radius 3 is 2.64 bits per heavy atom. The van der Waals surface area contributed by atoms with Gasteiger partial charge in [0.1, 0.15) is 6.04 Å². The number of thiophene rings is 1. The lowest BCUT2D eigenvalue weighted by Gasteiger charge is -2.20. The number of hydrogen-bond acceptors (Lipinski definition) is 3. The molecule has 5 heteroatoms. The molecule has 3 aromatic rings. The minimum atomic E-state index is 0.0842. The Morgan fingerprint density at radius 1 is 1.12 bits per heavy atom. The predicted octanol–water partition coefficient (Wildman–Crippen LogP) is 3.00. The van der Waals surface area contributed by atoms with E-state index in [9.17, 15) is 4.79 Å². The molecule has 0 unspecified atom stereocenters. The van der Waals surface area contributed by atoms with E-state index in [-0.39, 0.29) is 5.91 Å². The fourth-order valence-electron chi connectivity index (χ4n) is 2.75. The van der Waals surface area contributed by atoms with Crippen molar-refractivity contribution >= 4 is 39.8 Å². The number of rotatable bonds is 7. The molecule has 0 aliphatic rings. The SMILES string of the molecule is C[NH+](C)[C@@H](CNC(=O)CSc1ccc2ccccc2c1)c1cccs1. The number of thioether (sulfide) groups is 1. The van der Waals surface area contributed by atoms with E-state index in [2.05, 4.69) is 67.3 Å². The average Bonchev–Trinajstić information content (AvgIpc) is 3.14. The van der Waals surface area contributed by atoms with Gasteiger partial charge in [-0.05, 0) is 34.4 Å². The average molecular weight is 372 g/mol. The van der Waals surface area contributed by atoms with Gasteiger partial charge < -0.3 is 10.2 Å². The number of hydrogen-bond donors (Lipinski definition) is 2. The van der Waals surface area contributed by atoms with Crippen LogP contribution in [0.15, 0.2) is 64.9 Å². The van der Waals surface area contributed by atoms with Crippen LogP contribution in [0.4, 0.5) is 0 Å². The first-order chi connectivity index (χ1) is 12.1. The van der Waals surface area contributed by atoms with E-state index in [1.54, 1.807) is 23.1 Å². The second-order valence-electron chi connectivity index (χ2n) is 6.25. The van der Waals surface area contributed by atoms with E-state index < -0.39 is 0 Å². The third-order valence-corrected chi connectivity index (χ3v) is 6.16. The molecular formula is C20H23N2OS2+. The van der Waals surface area contributed by atoms with Crippen molar-refractivity contribution in [2.75, 3.05) is 26.4 Å². The first kappa shape index (κ1) is 18.0. The van der Waals surface area contributed by atoms with Gasteiger partial charge in [-0.25, -0.2) is 0 Å². The number of quaternary nitrogens is 1. The minimum absolute atomic E-state index is 0.0842. The highest BCUT2D eigenvalue weighted by Crippen LogP contribution is 2.23. The molecule has 0 radical (unpaired) electrons. The van der Waals surface area contributed by atoms with E-state index in [0.29, 0.717) is 18.3 Å². The van der Waals surface area contributed by atoms with Crippen LogP contribution < -0.4 is 10.2 Å². The van der Waals surface area contributed by atoms with Crippen molar-refractivity contribution in [3.05, 3.63) is 64.9 Å². The maximum absolute atomic E-state index is 12.2. The van der Waals surface area contributed by atoms with Gasteiger partial charge in [-0.3, -0.25) is 4.79 Å². The summed E-state index contributed by atoms with van der Waals surface area (Å²) in [6.07, 6.45) is 0. The molecule has 2 N–H and O–H groups in total. The Hall–Kier alpha value is -1.82. The Morgan fingerprint density at radius 2 is 1.92 bits per heavy atom. The molecule has 3 nitrogen and oxygen atoms in total. The summed E-state index contributed by atoms with van der Waals surface area (Å²) in [6.45, 7) is 0.667. The van der Waals surface area contributed by atoms with Crippen molar-refractivity contribution in [3.63, 3.8) is 0 Å². The molecule has 1 aromatic heterocycles. The number of carbonyl (C=O) groups excluding carboxylic acids is 1. The number of carbonyl (C=O) groups is 1. The van der Waals surface area contributed by atoms with Crippen molar-refractivity contribution in [2.45, 2.75) is 10.9 Å². The van der Waals surface area contributed by atoms with Crippen LogP contribution in [0.2, 0.25) is 0 Å². The van der Waals surface area contributed by atoms with E-state index in [1.165, 1.54) is 20.5 Å². The summed E-state index contributed by atoms with van der Waals surface area (Å²) < 4.78 is 0. The highest BCUT2D eigenvalue weighted by atomic mass is 32.2. The fourth-order valence-corrected chi connectivity index (χ4v) is 4.48. The molecule has 0 bridgehead atoms. The second kappa shape index (κ2) is 8.52. The summed E-state index contributed by atoms with van der Waals surface area (Å²) in [6, 6.07) is 19.1. The molecule has 1 atom stereocenters. The van der Waals surface area contributed by atoms with Crippen LogP contribution in [0, 0.1) is 0 Å². The lowest BCUT2D eigenvalue weighted by molar-refractivity contribution is -0.890. The lowest BCUT2D eigenvalue weighted by Crippen LogP contribution is -3.06. The summed E-state index contributed by atoms with van der Waals surface area (Å²) in [5.74, 6) is 0.527. The van der Waals surface area contributed by atoms with Crippen LogP contribution in [-0.4, -0.2) is 32.3 Å². The summed E-state index contributed by atoms with van der Waals surface area (Å²) in [5.41, 5.74) is 0. The van der Waals surface area contributed by atoms with E-state index in [0.717, 1.165) is 4.90 Å². The topological polar surface area (TPSA) is 33.5 Å². The molecule has 0 saturated heterocycles. The zero-order valence-corrected chi connectivity index (χ0v) is 16.1. The van der Waals surface area contributed by atoms with Crippen molar-refractivity contribution in [1.29, 1.82) is 0 Å². The fraction of sp³-hybridized carbons (Fsp3) is 0.250. The van der Waals surface area contributed by atoms with Crippen molar-refractivity contribution in [2.24, 2.45) is 0 Å². The van der Waals surface area contributed by atoms with E-state index in [4.69, 9.17) is 0 Å². The van der Waals surface area contributed by atoms with Gasteiger partial charge in [0.2, 0.25) is 5.91 Å². The van der Waals surface area contributed by atoms with Crippen molar-refractivity contribution < 1.29 is 9.69 Å². The summed E-state index contributed by atoms with van der Waals surface area (Å²) >= 11 is 3.33. The molecule has 0 fully saturated rings. The van der Waals surface area contributed by atoms with Gasteiger partial charge in [-0.1, -0.05) is 36.4 Å². The summed E-state index contributed by atoms with van der Waals surface area (Å²) in [7, 11) is 4.25. The number of nitrogens with one attached hydrogen (secondary N) is 2. The minimum Gasteiger partial charge on any atom is -0.349 e. The number of benzene rings is 2. The third kappa shape index (κ3) is 4.84. The van der Waals surface area contributed by atoms with Gasteiger partial charge in [0.25, 0.3) is 0 Å². The molecule has 2 aromatic carbocycles. The maximum atomic E-state index is 12.2. The van der Waals surface area contributed by atoms with Crippen LogP contribution >= 0.6 is 23.1 Å². The molecular weight excluding hydrogens is 348 g/mol. The van der Waals surface area contributed by atoms with Crippen LogP contribution in [0.25, 0.3) is 10.8 Å². The molecule has 0 aliphatic heterocycles. The quantitative estimate of drug-likeness (QED) is 0.626. The predicted molar refractivity (Wildman–Crippen MR) is 108 cm³/mol. The van der Waals surface area contributed by atoms with Gasteiger partial charge in [0, 0.05) is 4.90 Å². The van der Waals surface area contributed by atoms with Crippen LogP contribution in [0.3, 0.4) is 0 Å². The van der Waals surface area contributed by atoms with Crippen LogP contribution in [-0.2, 0) is 4.79 Å². The van der Waals surface area contributed by atoms with Gasteiger partial charge in [0.05, 0.1) is 31.3 Å².